The minimum atomic E-state index is -0.386. The van der Waals surface area contributed by atoms with Crippen molar-refractivity contribution in [3.63, 3.8) is 0 Å². The van der Waals surface area contributed by atoms with Gasteiger partial charge in [-0.2, -0.15) is 0 Å². The number of hydrogen-bond donors (Lipinski definition) is 1. The number of aromatic amines is 1. The van der Waals surface area contributed by atoms with Crippen LogP contribution in [0.2, 0.25) is 10.0 Å². The third-order valence-corrected chi connectivity index (χ3v) is 4.20. The van der Waals surface area contributed by atoms with Gasteiger partial charge in [0.1, 0.15) is 5.69 Å². The Balaban J connectivity index is 2.10. The molecule has 0 aliphatic rings. The minimum absolute atomic E-state index is 0.212. The van der Waals surface area contributed by atoms with E-state index in [1.54, 1.807) is 42.5 Å². The fourth-order valence-corrected chi connectivity index (χ4v) is 2.82. The largest absolute Gasteiger partial charge is 0.423 e. The molecule has 0 aliphatic heterocycles. The number of carbonyl (C=O) groups is 2. The van der Waals surface area contributed by atoms with E-state index >= 15 is 0 Å². The van der Waals surface area contributed by atoms with E-state index < -0.39 is 0 Å². The zero-order chi connectivity index (χ0) is 18.0. The summed E-state index contributed by atoms with van der Waals surface area (Å²) in [6, 6.07) is 11.6. The van der Waals surface area contributed by atoms with Crippen LogP contribution in [0, 0.1) is 0 Å². The van der Waals surface area contributed by atoms with Crippen LogP contribution in [-0.2, 0) is 4.79 Å². The number of carbonyl (C=O) groups excluding carboxylic acids is 2. The molecule has 1 aromatic heterocycles. The lowest BCUT2D eigenvalue weighted by Crippen LogP contribution is -2.10. The number of fused-ring (bicyclic) bond motifs is 1. The normalized spacial score (nSPS) is 10.8. The molecule has 0 amide bonds. The number of rotatable bonds is 5. The van der Waals surface area contributed by atoms with E-state index in [0.717, 1.165) is 0 Å². The van der Waals surface area contributed by atoms with E-state index in [1.807, 2.05) is 6.92 Å². The molecule has 25 heavy (non-hydrogen) atoms. The first kappa shape index (κ1) is 17.5. The summed E-state index contributed by atoms with van der Waals surface area (Å²) < 4.78 is 5.49. The second-order valence-corrected chi connectivity index (χ2v) is 6.45. The van der Waals surface area contributed by atoms with Crippen LogP contribution in [0.3, 0.4) is 0 Å². The lowest BCUT2D eigenvalue weighted by Gasteiger charge is -2.06. The highest BCUT2D eigenvalue weighted by Crippen LogP contribution is 2.33. The van der Waals surface area contributed by atoms with Crippen LogP contribution in [0.15, 0.2) is 42.5 Å². The molecule has 0 saturated heterocycles. The zero-order valence-corrected chi connectivity index (χ0v) is 14.9. The average molecular weight is 376 g/mol. The topological polar surface area (TPSA) is 59.2 Å². The SMILES string of the molecule is CCCC(=O)Oc1c(C(=O)c2ccc(Cl)cc2)[nH]c2cc(Cl)ccc12. The summed E-state index contributed by atoms with van der Waals surface area (Å²) in [5.41, 5.74) is 1.28. The van der Waals surface area contributed by atoms with Gasteiger partial charge >= 0.3 is 5.97 Å². The van der Waals surface area contributed by atoms with Gasteiger partial charge in [0.15, 0.2) is 5.75 Å². The van der Waals surface area contributed by atoms with Gasteiger partial charge in [0, 0.05) is 27.4 Å². The highest BCUT2D eigenvalue weighted by atomic mass is 35.5. The van der Waals surface area contributed by atoms with Crippen LogP contribution in [0.1, 0.15) is 35.8 Å². The zero-order valence-electron chi connectivity index (χ0n) is 13.4. The molecule has 0 bridgehead atoms. The molecule has 3 rings (SSSR count). The molecular weight excluding hydrogens is 361 g/mol. The van der Waals surface area contributed by atoms with E-state index in [0.29, 0.717) is 32.9 Å². The number of H-pyrrole nitrogens is 1. The molecule has 0 radical (unpaired) electrons. The molecule has 128 valence electrons. The van der Waals surface area contributed by atoms with Crippen LogP contribution in [-0.4, -0.2) is 16.7 Å². The number of esters is 1. The molecule has 6 heteroatoms. The average Bonchev–Trinajstić information content (AvgIpc) is 2.92. The van der Waals surface area contributed by atoms with Gasteiger partial charge in [-0.05, 0) is 48.9 Å². The molecule has 1 heterocycles. The van der Waals surface area contributed by atoms with Crippen molar-refractivity contribution in [2.45, 2.75) is 19.8 Å². The number of ether oxygens (including phenoxy) is 1. The Labute approximate surface area is 154 Å². The van der Waals surface area contributed by atoms with Crippen LogP contribution in [0.25, 0.3) is 10.9 Å². The molecule has 0 saturated carbocycles. The van der Waals surface area contributed by atoms with Gasteiger partial charge in [-0.15, -0.1) is 0 Å². The molecule has 0 unspecified atom stereocenters. The van der Waals surface area contributed by atoms with Crippen molar-refractivity contribution in [3.05, 3.63) is 63.8 Å². The first-order valence-electron chi connectivity index (χ1n) is 7.81. The number of ketones is 1. The van der Waals surface area contributed by atoms with Crippen LogP contribution in [0.5, 0.6) is 5.75 Å². The van der Waals surface area contributed by atoms with Gasteiger partial charge in [0.05, 0.1) is 5.52 Å². The summed E-state index contributed by atoms with van der Waals surface area (Å²) in [6.45, 7) is 1.88. The van der Waals surface area contributed by atoms with E-state index in [9.17, 15) is 9.59 Å². The standard InChI is InChI=1S/C19H15Cl2NO3/c1-2-3-16(23)25-19-14-9-8-13(21)10-15(14)22-17(19)18(24)11-4-6-12(20)7-5-11/h4-10,22H,2-3H2,1H3. The molecule has 0 fully saturated rings. The molecule has 1 N–H and O–H groups in total. The summed E-state index contributed by atoms with van der Waals surface area (Å²) in [6.07, 6.45) is 0.933. The van der Waals surface area contributed by atoms with Crippen molar-refractivity contribution in [3.8, 4) is 5.75 Å². The van der Waals surface area contributed by atoms with E-state index in [-0.39, 0.29) is 29.6 Å². The van der Waals surface area contributed by atoms with Crippen molar-refractivity contribution >= 4 is 45.9 Å². The second-order valence-electron chi connectivity index (χ2n) is 5.58. The van der Waals surface area contributed by atoms with Crippen LogP contribution >= 0.6 is 23.2 Å². The summed E-state index contributed by atoms with van der Waals surface area (Å²) in [5.74, 6) is -0.447. The molecule has 0 atom stereocenters. The van der Waals surface area contributed by atoms with Gasteiger partial charge in [-0.3, -0.25) is 9.59 Å². The van der Waals surface area contributed by atoms with Crippen molar-refractivity contribution in [2.24, 2.45) is 0 Å². The molecule has 2 aromatic carbocycles. The Kier molecular flexibility index (Phi) is 5.11. The number of benzene rings is 2. The Morgan fingerprint density at radius 2 is 1.72 bits per heavy atom. The number of aromatic nitrogens is 1. The maximum atomic E-state index is 12.9. The lowest BCUT2D eigenvalue weighted by molar-refractivity contribution is -0.134. The third kappa shape index (κ3) is 3.70. The van der Waals surface area contributed by atoms with E-state index in [1.165, 1.54) is 0 Å². The number of halogens is 2. The molecule has 4 nitrogen and oxygen atoms in total. The fourth-order valence-electron chi connectivity index (χ4n) is 2.52. The first-order valence-corrected chi connectivity index (χ1v) is 8.57. The first-order chi connectivity index (χ1) is 12.0. The molecule has 3 aromatic rings. The smallest absolute Gasteiger partial charge is 0.311 e. The van der Waals surface area contributed by atoms with Gasteiger partial charge in [-0.25, -0.2) is 0 Å². The van der Waals surface area contributed by atoms with Crippen LogP contribution < -0.4 is 4.74 Å². The second kappa shape index (κ2) is 7.30. The predicted molar refractivity (Wildman–Crippen MR) is 98.7 cm³/mol. The van der Waals surface area contributed by atoms with Gasteiger partial charge in [-0.1, -0.05) is 30.1 Å². The van der Waals surface area contributed by atoms with Crippen LogP contribution in [0.4, 0.5) is 0 Å². The highest BCUT2D eigenvalue weighted by Gasteiger charge is 2.22. The Morgan fingerprint density at radius 1 is 1.04 bits per heavy atom. The number of nitrogens with one attached hydrogen (secondary N) is 1. The minimum Gasteiger partial charge on any atom is -0.423 e. The maximum absolute atomic E-state index is 12.9. The summed E-state index contributed by atoms with van der Waals surface area (Å²) >= 11 is 11.9. The molecular formula is C19H15Cl2NO3. The predicted octanol–water partition coefficient (Wildman–Crippen LogP) is 5.41. The molecule has 0 aliphatic carbocycles. The van der Waals surface area contributed by atoms with Gasteiger partial charge in [0.25, 0.3) is 0 Å². The van der Waals surface area contributed by atoms with E-state index in [2.05, 4.69) is 4.98 Å². The summed E-state index contributed by atoms with van der Waals surface area (Å²) in [7, 11) is 0. The Hall–Kier alpha value is -2.30. The summed E-state index contributed by atoms with van der Waals surface area (Å²) in [4.78, 5) is 27.9. The Morgan fingerprint density at radius 3 is 2.40 bits per heavy atom. The summed E-state index contributed by atoms with van der Waals surface area (Å²) in [5, 5.41) is 1.69. The quantitative estimate of drug-likeness (QED) is 0.478. The monoisotopic (exact) mass is 375 g/mol. The van der Waals surface area contributed by atoms with Gasteiger partial charge in [0.2, 0.25) is 5.78 Å². The Bertz CT molecular complexity index is 945. The van der Waals surface area contributed by atoms with Crippen molar-refractivity contribution in [2.75, 3.05) is 0 Å². The number of hydrogen-bond acceptors (Lipinski definition) is 3. The lowest BCUT2D eigenvalue weighted by atomic mass is 10.1. The highest BCUT2D eigenvalue weighted by molar-refractivity contribution is 6.31. The molecule has 0 spiro atoms. The van der Waals surface area contributed by atoms with E-state index in [4.69, 9.17) is 27.9 Å². The van der Waals surface area contributed by atoms with Crippen molar-refractivity contribution < 1.29 is 14.3 Å². The van der Waals surface area contributed by atoms with Gasteiger partial charge < -0.3 is 9.72 Å². The third-order valence-electron chi connectivity index (χ3n) is 3.72. The van der Waals surface area contributed by atoms with Crippen molar-refractivity contribution in [1.29, 1.82) is 0 Å². The maximum Gasteiger partial charge on any atom is 0.311 e. The fraction of sp³-hybridized carbons (Fsp3) is 0.158. The van der Waals surface area contributed by atoms with Crippen molar-refractivity contribution in [1.82, 2.24) is 4.98 Å².